The van der Waals surface area contributed by atoms with E-state index in [9.17, 15) is 0 Å². The van der Waals surface area contributed by atoms with Crippen LogP contribution in [0, 0.1) is 0 Å². The molecule has 1 aliphatic heterocycles. The predicted molar refractivity (Wildman–Crippen MR) is 93.7 cm³/mol. The number of pyridine rings is 1. The van der Waals surface area contributed by atoms with Crippen molar-refractivity contribution in [2.45, 2.75) is 19.4 Å². The highest BCUT2D eigenvalue weighted by molar-refractivity contribution is 5.99. The summed E-state index contributed by atoms with van der Waals surface area (Å²) in [5.74, 6) is 0.727. The molecule has 23 heavy (non-hydrogen) atoms. The summed E-state index contributed by atoms with van der Waals surface area (Å²) in [4.78, 5) is 9.21. The van der Waals surface area contributed by atoms with Crippen molar-refractivity contribution in [3.05, 3.63) is 66.4 Å². The van der Waals surface area contributed by atoms with Gasteiger partial charge in [0, 0.05) is 22.7 Å². The fourth-order valence-corrected chi connectivity index (χ4v) is 2.89. The second kappa shape index (κ2) is 5.20. The van der Waals surface area contributed by atoms with Crippen LogP contribution in [0.5, 0.6) is 0 Å². The molecular weight excluding hydrogens is 284 g/mol. The maximum atomic E-state index is 5.77. The van der Waals surface area contributed by atoms with Gasteiger partial charge < -0.3 is 4.74 Å². The van der Waals surface area contributed by atoms with Crippen molar-refractivity contribution >= 4 is 16.8 Å². The molecule has 3 nitrogen and oxygen atoms in total. The van der Waals surface area contributed by atoms with Crippen LogP contribution in [0.3, 0.4) is 0 Å². The van der Waals surface area contributed by atoms with E-state index in [-0.39, 0.29) is 5.54 Å². The maximum absolute atomic E-state index is 5.77. The molecule has 3 heteroatoms. The van der Waals surface area contributed by atoms with E-state index in [0.29, 0.717) is 6.61 Å². The molecule has 0 amide bonds. The van der Waals surface area contributed by atoms with E-state index in [1.54, 1.807) is 0 Å². The Morgan fingerprint density at radius 1 is 0.957 bits per heavy atom. The number of para-hydroxylation sites is 1. The van der Waals surface area contributed by atoms with Gasteiger partial charge in [0.15, 0.2) is 0 Å². The van der Waals surface area contributed by atoms with Gasteiger partial charge in [-0.15, -0.1) is 0 Å². The van der Waals surface area contributed by atoms with Crippen LogP contribution in [0.4, 0.5) is 0 Å². The van der Waals surface area contributed by atoms with E-state index < -0.39 is 0 Å². The fourth-order valence-electron chi connectivity index (χ4n) is 2.89. The lowest BCUT2D eigenvalue weighted by Crippen LogP contribution is -2.17. The molecule has 0 saturated carbocycles. The number of benzene rings is 2. The third-order valence-electron chi connectivity index (χ3n) is 4.02. The number of rotatable bonds is 2. The minimum atomic E-state index is -0.146. The van der Waals surface area contributed by atoms with Gasteiger partial charge in [0.25, 0.3) is 0 Å². The molecule has 0 unspecified atom stereocenters. The molecule has 0 aliphatic carbocycles. The molecule has 3 aromatic rings. The lowest BCUT2D eigenvalue weighted by atomic mass is 10.00. The highest BCUT2D eigenvalue weighted by Gasteiger charge is 2.27. The Morgan fingerprint density at radius 2 is 1.74 bits per heavy atom. The molecule has 2 heterocycles. The Morgan fingerprint density at radius 3 is 2.57 bits per heavy atom. The van der Waals surface area contributed by atoms with Gasteiger partial charge >= 0.3 is 0 Å². The summed E-state index contributed by atoms with van der Waals surface area (Å²) in [7, 11) is 0. The Bertz CT molecular complexity index is 907. The van der Waals surface area contributed by atoms with Gasteiger partial charge in [0.05, 0.1) is 11.1 Å². The van der Waals surface area contributed by atoms with Crippen molar-refractivity contribution in [2.75, 3.05) is 6.61 Å². The summed E-state index contributed by atoms with van der Waals surface area (Å²) < 4.78 is 5.77. The van der Waals surface area contributed by atoms with E-state index in [2.05, 4.69) is 60.2 Å². The Hall–Kier alpha value is -2.68. The second-order valence-electron chi connectivity index (χ2n) is 6.48. The average Bonchev–Trinajstić information content (AvgIpc) is 2.94. The highest BCUT2D eigenvalue weighted by Crippen LogP contribution is 2.29. The summed E-state index contributed by atoms with van der Waals surface area (Å²) in [5.41, 5.74) is 4.14. The zero-order valence-corrected chi connectivity index (χ0v) is 13.3. The molecule has 0 atom stereocenters. The highest BCUT2D eigenvalue weighted by atomic mass is 16.5. The molecule has 1 aromatic heterocycles. The van der Waals surface area contributed by atoms with Crippen molar-refractivity contribution in [2.24, 2.45) is 4.99 Å². The number of hydrogen-bond acceptors (Lipinski definition) is 3. The first kappa shape index (κ1) is 13.9. The average molecular weight is 302 g/mol. The molecule has 114 valence electrons. The number of fused-ring (bicyclic) bond motifs is 1. The van der Waals surface area contributed by atoms with E-state index in [1.165, 1.54) is 0 Å². The second-order valence-corrected chi connectivity index (χ2v) is 6.48. The first-order valence-electron chi connectivity index (χ1n) is 7.80. The van der Waals surface area contributed by atoms with Gasteiger partial charge in [0.2, 0.25) is 5.90 Å². The largest absolute Gasteiger partial charge is 0.475 e. The Kier molecular flexibility index (Phi) is 3.15. The molecule has 0 spiro atoms. The van der Waals surface area contributed by atoms with Crippen LogP contribution in [-0.2, 0) is 4.74 Å². The molecule has 0 radical (unpaired) electrons. The van der Waals surface area contributed by atoms with E-state index in [1.807, 2.05) is 24.4 Å². The summed E-state index contributed by atoms with van der Waals surface area (Å²) in [5, 5.41) is 1.14. The zero-order chi connectivity index (χ0) is 15.9. The summed E-state index contributed by atoms with van der Waals surface area (Å²) in [6.07, 6.45) is 1.84. The normalized spacial score (nSPS) is 16.2. The predicted octanol–water partition coefficient (Wildman–Crippen LogP) is 4.46. The number of aliphatic imine (C=N–C) groups is 1. The third-order valence-corrected chi connectivity index (χ3v) is 4.02. The summed E-state index contributed by atoms with van der Waals surface area (Å²) in [6.45, 7) is 4.79. The van der Waals surface area contributed by atoms with Crippen molar-refractivity contribution in [3.63, 3.8) is 0 Å². The van der Waals surface area contributed by atoms with Gasteiger partial charge in [-0.3, -0.25) is 4.98 Å². The maximum Gasteiger partial charge on any atom is 0.216 e. The van der Waals surface area contributed by atoms with Crippen LogP contribution >= 0.6 is 0 Å². The topological polar surface area (TPSA) is 34.5 Å². The zero-order valence-electron chi connectivity index (χ0n) is 13.3. The monoisotopic (exact) mass is 302 g/mol. The van der Waals surface area contributed by atoms with Gasteiger partial charge in [-0.05, 0) is 37.6 Å². The van der Waals surface area contributed by atoms with Crippen LogP contribution in [0.15, 0.2) is 65.8 Å². The summed E-state index contributed by atoms with van der Waals surface area (Å²) in [6, 6.07) is 18.6. The van der Waals surface area contributed by atoms with Crippen LogP contribution < -0.4 is 0 Å². The molecular formula is C20H18N2O. The third kappa shape index (κ3) is 2.59. The van der Waals surface area contributed by atoms with Crippen molar-refractivity contribution in [3.8, 4) is 11.1 Å². The van der Waals surface area contributed by atoms with Gasteiger partial charge in [0.1, 0.15) is 6.61 Å². The van der Waals surface area contributed by atoms with Gasteiger partial charge in [-0.25, -0.2) is 4.99 Å². The van der Waals surface area contributed by atoms with Crippen molar-refractivity contribution in [1.29, 1.82) is 0 Å². The smallest absolute Gasteiger partial charge is 0.216 e. The molecule has 4 rings (SSSR count). The number of nitrogens with zero attached hydrogens (tertiary/aromatic N) is 2. The number of hydrogen-bond donors (Lipinski definition) is 0. The standard InChI is InChI=1S/C20H18N2O/c1-20(2)13-23-19(22-20)16-8-3-7-15(12-16)17-10-4-6-14-9-5-11-21-18(14)17/h3-12H,13H2,1-2H3. The Balaban J connectivity index is 1.83. The van der Waals surface area contributed by atoms with E-state index in [0.717, 1.165) is 33.5 Å². The lowest BCUT2D eigenvalue weighted by molar-refractivity contribution is 0.279. The molecule has 0 saturated heterocycles. The van der Waals surface area contributed by atoms with Crippen LogP contribution in [0.25, 0.3) is 22.0 Å². The first-order chi connectivity index (χ1) is 11.1. The van der Waals surface area contributed by atoms with Crippen LogP contribution in [0.2, 0.25) is 0 Å². The van der Waals surface area contributed by atoms with Gasteiger partial charge in [-0.2, -0.15) is 0 Å². The quantitative estimate of drug-likeness (QED) is 0.700. The Labute approximate surface area is 135 Å². The van der Waals surface area contributed by atoms with Crippen molar-refractivity contribution < 1.29 is 4.74 Å². The number of ether oxygens (including phenoxy) is 1. The molecule has 0 fully saturated rings. The van der Waals surface area contributed by atoms with Crippen molar-refractivity contribution in [1.82, 2.24) is 4.98 Å². The number of aromatic nitrogens is 1. The van der Waals surface area contributed by atoms with Crippen LogP contribution in [-0.4, -0.2) is 23.0 Å². The minimum absolute atomic E-state index is 0.146. The van der Waals surface area contributed by atoms with E-state index >= 15 is 0 Å². The van der Waals surface area contributed by atoms with Gasteiger partial charge in [-0.1, -0.05) is 36.4 Å². The minimum Gasteiger partial charge on any atom is -0.475 e. The van der Waals surface area contributed by atoms with E-state index in [4.69, 9.17) is 4.74 Å². The lowest BCUT2D eigenvalue weighted by Gasteiger charge is -2.08. The fraction of sp³-hybridized carbons (Fsp3) is 0.200. The SMILES string of the molecule is CC1(C)COC(c2cccc(-c3cccc4cccnc34)c2)=N1. The molecule has 0 bridgehead atoms. The van der Waals surface area contributed by atoms with Crippen LogP contribution in [0.1, 0.15) is 19.4 Å². The molecule has 0 N–H and O–H groups in total. The molecule has 1 aliphatic rings. The molecule has 2 aromatic carbocycles. The first-order valence-corrected chi connectivity index (χ1v) is 7.80. The summed E-state index contributed by atoms with van der Waals surface area (Å²) >= 11 is 0.